The van der Waals surface area contributed by atoms with Crippen LogP contribution in [-0.4, -0.2) is 26.5 Å². The van der Waals surface area contributed by atoms with E-state index in [2.05, 4.69) is 25.2 Å². The number of methoxy groups -OCH3 is 2. The number of carbonyl (C=O) groups excluding carboxylic acids is 1. The fraction of sp³-hybridized carbons (Fsp3) is 0.474. The molecule has 0 saturated carbocycles. The van der Waals surface area contributed by atoms with E-state index in [1.54, 1.807) is 14.2 Å². The molecule has 0 amide bonds. The zero-order valence-corrected chi connectivity index (χ0v) is 14.7. The number of Topliss-reactive ketones (excluding diaryl/α,β-unsaturated/α-hetero) is 1. The topological polar surface area (TPSA) is 71.3 Å². The minimum Gasteiger partial charge on any atom is -0.493 e. The van der Waals surface area contributed by atoms with Gasteiger partial charge in [0.2, 0.25) is 0 Å². The number of allylic oxidation sites excluding steroid dienone is 2. The Morgan fingerprint density at radius 3 is 2.54 bits per heavy atom. The molecule has 1 aliphatic carbocycles. The second kappa shape index (κ2) is 7.39. The van der Waals surface area contributed by atoms with Crippen LogP contribution in [-0.2, 0) is 11.2 Å². The molecule has 24 heavy (non-hydrogen) atoms. The summed E-state index contributed by atoms with van der Waals surface area (Å²) in [6.07, 6.45) is 1.90. The molecule has 1 N–H and O–H groups in total. The van der Waals surface area contributed by atoms with Crippen molar-refractivity contribution in [1.82, 2.24) is 5.32 Å². The predicted molar refractivity (Wildman–Crippen MR) is 91.9 cm³/mol. The Hall–Kier alpha value is -2.48. The van der Waals surface area contributed by atoms with Gasteiger partial charge < -0.3 is 14.8 Å². The summed E-state index contributed by atoms with van der Waals surface area (Å²) >= 11 is 0. The standard InChI is InChI=1S/C19H24N2O3/c1-19(2)10-15(14(12-20)16(22)11-19)21-8-7-13-5-6-17(23-3)18(9-13)24-4/h5-6,9,21H,7-8,10-11H2,1-4H3. The van der Waals surface area contributed by atoms with Gasteiger partial charge in [0.15, 0.2) is 17.3 Å². The third-order valence-electron chi connectivity index (χ3n) is 4.19. The Morgan fingerprint density at radius 1 is 1.21 bits per heavy atom. The number of hydrogen-bond donors (Lipinski definition) is 1. The summed E-state index contributed by atoms with van der Waals surface area (Å²) in [6.45, 7) is 4.75. The van der Waals surface area contributed by atoms with Crippen molar-refractivity contribution >= 4 is 5.78 Å². The summed E-state index contributed by atoms with van der Waals surface area (Å²) in [7, 11) is 3.22. The maximum Gasteiger partial charge on any atom is 0.175 e. The van der Waals surface area contributed by atoms with Crippen molar-refractivity contribution in [2.45, 2.75) is 33.1 Å². The molecule has 0 bridgehead atoms. The minimum absolute atomic E-state index is 0.0673. The zero-order chi connectivity index (χ0) is 17.7. The fourth-order valence-electron chi connectivity index (χ4n) is 3.00. The maximum atomic E-state index is 12.1. The van der Waals surface area contributed by atoms with E-state index in [-0.39, 0.29) is 16.8 Å². The largest absolute Gasteiger partial charge is 0.493 e. The van der Waals surface area contributed by atoms with E-state index in [1.807, 2.05) is 18.2 Å². The molecule has 0 saturated heterocycles. The number of ether oxygens (including phenoxy) is 2. The Morgan fingerprint density at radius 2 is 1.92 bits per heavy atom. The second-order valence-electron chi connectivity index (χ2n) is 6.77. The Balaban J connectivity index is 2.05. The van der Waals surface area contributed by atoms with Crippen LogP contribution in [0.25, 0.3) is 0 Å². The summed E-state index contributed by atoms with van der Waals surface area (Å²) in [5.74, 6) is 1.33. The average molecular weight is 328 g/mol. The highest BCUT2D eigenvalue weighted by Crippen LogP contribution is 2.35. The lowest BCUT2D eigenvalue weighted by atomic mass is 9.76. The second-order valence-corrected chi connectivity index (χ2v) is 6.77. The maximum absolute atomic E-state index is 12.1. The van der Waals surface area contributed by atoms with Gasteiger partial charge in [-0.25, -0.2) is 0 Å². The summed E-state index contributed by atoms with van der Waals surface area (Å²) < 4.78 is 10.5. The summed E-state index contributed by atoms with van der Waals surface area (Å²) in [5, 5.41) is 12.5. The number of nitrogens with zero attached hydrogens (tertiary/aromatic N) is 1. The number of rotatable bonds is 6. The molecule has 1 aromatic carbocycles. The molecule has 0 spiro atoms. The predicted octanol–water partition coefficient (Wildman–Crippen LogP) is 3.00. The van der Waals surface area contributed by atoms with Crippen molar-refractivity contribution in [3.8, 4) is 17.6 Å². The lowest BCUT2D eigenvalue weighted by Crippen LogP contribution is -2.31. The number of hydrogen-bond acceptors (Lipinski definition) is 5. The number of nitrogens with one attached hydrogen (secondary N) is 1. The Kier molecular flexibility index (Phi) is 5.50. The third kappa shape index (κ3) is 4.08. The van der Waals surface area contributed by atoms with Crippen LogP contribution < -0.4 is 14.8 Å². The molecule has 2 rings (SSSR count). The molecule has 5 heteroatoms. The van der Waals surface area contributed by atoms with Gasteiger partial charge in [0.1, 0.15) is 11.6 Å². The quantitative estimate of drug-likeness (QED) is 0.869. The van der Waals surface area contributed by atoms with Gasteiger partial charge in [0.25, 0.3) is 0 Å². The highest BCUT2D eigenvalue weighted by Gasteiger charge is 2.32. The van der Waals surface area contributed by atoms with Crippen LogP contribution in [0.5, 0.6) is 11.5 Å². The smallest absolute Gasteiger partial charge is 0.175 e. The molecule has 0 heterocycles. The van der Waals surface area contributed by atoms with E-state index < -0.39 is 0 Å². The van der Waals surface area contributed by atoms with Crippen molar-refractivity contribution in [1.29, 1.82) is 5.26 Å². The van der Waals surface area contributed by atoms with Gasteiger partial charge in [-0.1, -0.05) is 19.9 Å². The monoisotopic (exact) mass is 328 g/mol. The average Bonchev–Trinajstić information content (AvgIpc) is 2.53. The fourth-order valence-corrected chi connectivity index (χ4v) is 3.00. The van der Waals surface area contributed by atoms with Crippen LogP contribution in [0.1, 0.15) is 32.3 Å². The highest BCUT2D eigenvalue weighted by molar-refractivity contribution is 6.01. The van der Waals surface area contributed by atoms with Crippen LogP contribution >= 0.6 is 0 Å². The molecule has 0 unspecified atom stereocenters. The minimum atomic E-state index is -0.108. The van der Waals surface area contributed by atoms with Crippen molar-refractivity contribution in [3.63, 3.8) is 0 Å². The molecule has 0 aliphatic heterocycles. The number of benzene rings is 1. The first-order chi connectivity index (χ1) is 11.4. The lowest BCUT2D eigenvalue weighted by molar-refractivity contribution is -0.117. The lowest BCUT2D eigenvalue weighted by Gasteiger charge is -2.30. The van der Waals surface area contributed by atoms with Gasteiger partial charge in [-0.2, -0.15) is 5.26 Å². The molecule has 0 radical (unpaired) electrons. The molecular formula is C19H24N2O3. The van der Waals surface area contributed by atoms with Gasteiger partial charge in [-0.15, -0.1) is 0 Å². The van der Waals surface area contributed by atoms with E-state index in [9.17, 15) is 10.1 Å². The van der Waals surface area contributed by atoms with Crippen LogP contribution in [0.15, 0.2) is 29.5 Å². The van der Waals surface area contributed by atoms with Crippen molar-refractivity contribution < 1.29 is 14.3 Å². The molecular weight excluding hydrogens is 304 g/mol. The summed E-state index contributed by atoms with van der Waals surface area (Å²) in [6, 6.07) is 7.86. The first-order valence-electron chi connectivity index (χ1n) is 8.01. The SMILES string of the molecule is COc1ccc(CCNC2=C(C#N)C(=O)CC(C)(C)C2)cc1OC. The van der Waals surface area contributed by atoms with E-state index in [4.69, 9.17) is 9.47 Å². The normalized spacial score (nSPS) is 16.5. The Bertz CT molecular complexity index is 699. The van der Waals surface area contributed by atoms with E-state index in [0.29, 0.717) is 30.9 Å². The zero-order valence-electron chi connectivity index (χ0n) is 14.7. The molecule has 0 atom stereocenters. The van der Waals surface area contributed by atoms with E-state index in [1.165, 1.54) is 0 Å². The molecule has 1 aliphatic rings. The van der Waals surface area contributed by atoms with Crippen LogP contribution in [0.3, 0.4) is 0 Å². The highest BCUT2D eigenvalue weighted by atomic mass is 16.5. The first kappa shape index (κ1) is 17.9. The van der Waals surface area contributed by atoms with E-state index in [0.717, 1.165) is 17.7 Å². The number of carbonyl (C=O) groups is 1. The van der Waals surface area contributed by atoms with Crippen LogP contribution in [0.2, 0.25) is 0 Å². The molecule has 0 fully saturated rings. The molecule has 5 nitrogen and oxygen atoms in total. The molecule has 128 valence electrons. The third-order valence-corrected chi connectivity index (χ3v) is 4.19. The summed E-state index contributed by atoms with van der Waals surface area (Å²) in [4.78, 5) is 12.1. The number of nitriles is 1. The molecule has 0 aromatic heterocycles. The first-order valence-corrected chi connectivity index (χ1v) is 8.01. The van der Waals surface area contributed by atoms with Crippen LogP contribution in [0.4, 0.5) is 0 Å². The van der Waals surface area contributed by atoms with E-state index >= 15 is 0 Å². The van der Waals surface area contributed by atoms with Gasteiger partial charge in [0.05, 0.1) is 14.2 Å². The summed E-state index contributed by atoms with van der Waals surface area (Å²) in [5.41, 5.74) is 2.03. The van der Waals surface area contributed by atoms with Crippen LogP contribution in [0, 0.1) is 16.7 Å². The Labute approximate surface area is 143 Å². The van der Waals surface area contributed by atoms with Crippen molar-refractivity contribution in [3.05, 3.63) is 35.0 Å². The van der Waals surface area contributed by atoms with Crippen molar-refractivity contribution in [2.75, 3.05) is 20.8 Å². The van der Waals surface area contributed by atoms with Gasteiger partial charge in [0, 0.05) is 18.7 Å². The van der Waals surface area contributed by atoms with Gasteiger partial charge >= 0.3 is 0 Å². The van der Waals surface area contributed by atoms with Gasteiger partial charge in [-0.3, -0.25) is 4.79 Å². The number of ketones is 1. The van der Waals surface area contributed by atoms with Gasteiger partial charge in [-0.05, 0) is 36.0 Å². The van der Waals surface area contributed by atoms with Crippen molar-refractivity contribution in [2.24, 2.45) is 5.41 Å². The molecule has 1 aromatic rings.